The molecule has 4 nitrogen and oxygen atoms in total. The molecule has 0 amide bonds. The molecule has 0 aliphatic carbocycles. The summed E-state index contributed by atoms with van der Waals surface area (Å²) in [6, 6.07) is 8.32. The van der Waals surface area contributed by atoms with Crippen LogP contribution in [0.4, 0.5) is 0 Å². The Labute approximate surface area is 164 Å². The highest BCUT2D eigenvalue weighted by molar-refractivity contribution is 5.86. The third-order valence-corrected chi connectivity index (χ3v) is 4.30. The molecule has 4 heteroatoms. The Kier molecular flexibility index (Phi) is 13.1. The molecule has 0 radical (unpaired) electrons. The van der Waals surface area contributed by atoms with E-state index in [-0.39, 0.29) is 12.6 Å². The first-order valence-electron chi connectivity index (χ1n) is 10.3. The minimum Gasteiger partial charge on any atom is -0.491 e. The molecule has 152 valence electrons. The molecule has 0 aromatic heterocycles. The highest BCUT2D eigenvalue weighted by Crippen LogP contribution is 2.15. The van der Waals surface area contributed by atoms with Crippen molar-refractivity contribution in [1.82, 2.24) is 0 Å². The summed E-state index contributed by atoms with van der Waals surface area (Å²) in [5, 5.41) is 0. The van der Waals surface area contributed by atoms with Crippen molar-refractivity contribution in [2.24, 2.45) is 0 Å². The maximum Gasteiger partial charge on any atom is 0.333 e. The lowest BCUT2D eigenvalue weighted by Crippen LogP contribution is -2.13. The summed E-state index contributed by atoms with van der Waals surface area (Å²) in [5.41, 5.74) is 1.76. The van der Waals surface area contributed by atoms with Crippen LogP contribution in [0.5, 0.6) is 5.75 Å². The first kappa shape index (κ1) is 23.2. The number of carbonyl (C=O) groups is 1. The number of aryl methyl sites for hydroxylation is 1. The smallest absolute Gasteiger partial charge is 0.333 e. The van der Waals surface area contributed by atoms with Gasteiger partial charge in [-0.05, 0) is 37.5 Å². The van der Waals surface area contributed by atoms with Gasteiger partial charge in [-0.1, -0.05) is 64.2 Å². The zero-order chi connectivity index (χ0) is 19.7. The number of hydrogen-bond donors (Lipinski definition) is 0. The fourth-order valence-corrected chi connectivity index (χ4v) is 2.68. The Morgan fingerprint density at radius 1 is 0.889 bits per heavy atom. The Bertz CT molecular complexity index is 522. The largest absolute Gasteiger partial charge is 0.491 e. The number of unbranched alkanes of at least 4 members (excludes halogenated alkanes) is 6. The lowest BCUT2D eigenvalue weighted by atomic mass is 10.0. The van der Waals surface area contributed by atoms with Gasteiger partial charge >= 0.3 is 5.97 Å². The maximum absolute atomic E-state index is 11.2. The number of carbonyl (C=O) groups excluding carboxylic acids is 1. The van der Waals surface area contributed by atoms with Gasteiger partial charge in [0.15, 0.2) is 0 Å². The molecule has 0 heterocycles. The Morgan fingerprint density at radius 2 is 1.52 bits per heavy atom. The average molecular weight is 377 g/mol. The van der Waals surface area contributed by atoms with E-state index in [0.717, 1.165) is 12.2 Å². The van der Waals surface area contributed by atoms with Crippen LogP contribution < -0.4 is 4.74 Å². The molecule has 0 unspecified atom stereocenters. The van der Waals surface area contributed by atoms with Gasteiger partial charge in [0, 0.05) is 5.57 Å². The van der Waals surface area contributed by atoms with Gasteiger partial charge in [-0.25, -0.2) is 4.79 Å². The van der Waals surface area contributed by atoms with Crippen molar-refractivity contribution in [2.45, 2.75) is 65.2 Å². The highest BCUT2D eigenvalue weighted by atomic mass is 16.6. The van der Waals surface area contributed by atoms with Crippen LogP contribution in [0, 0.1) is 0 Å². The van der Waals surface area contributed by atoms with Gasteiger partial charge in [-0.2, -0.15) is 0 Å². The predicted molar refractivity (Wildman–Crippen MR) is 110 cm³/mol. The van der Waals surface area contributed by atoms with Crippen LogP contribution in [0.2, 0.25) is 0 Å². The van der Waals surface area contributed by atoms with E-state index in [1.165, 1.54) is 50.5 Å². The quantitative estimate of drug-likeness (QED) is 0.217. The topological polar surface area (TPSA) is 44.8 Å². The molecule has 0 saturated heterocycles. The van der Waals surface area contributed by atoms with Gasteiger partial charge in [0.25, 0.3) is 0 Å². The summed E-state index contributed by atoms with van der Waals surface area (Å²) in [6.45, 7) is 8.94. The Balaban J connectivity index is 2.03. The minimum atomic E-state index is -0.383. The maximum atomic E-state index is 11.2. The fourth-order valence-electron chi connectivity index (χ4n) is 2.68. The molecular weight excluding hydrogens is 340 g/mol. The first-order valence-corrected chi connectivity index (χ1v) is 10.3. The van der Waals surface area contributed by atoms with E-state index in [0.29, 0.717) is 25.4 Å². The van der Waals surface area contributed by atoms with Gasteiger partial charge in [0.1, 0.15) is 19.0 Å². The van der Waals surface area contributed by atoms with E-state index >= 15 is 0 Å². The summed E-state index contributed by atoms with van der Waals surface area (Å²) >= 11 is 0. The first-order chi connectivity index (χ1) is 13.1. The molecule has 0 aliphatic heterocycles. The second-order valence-electron chi connectivity index (χ2n) is 6.89. The molecule has 1 rings (SSSR count). The normalized spacial score (nSPS) is 10.6. The van der Waals surface area contributed by atoms with E-state index in [2.05, 4.69) is 25.6 Å². The van der Waals surface area contributed by atoms with Gasteiger partial charge < -0.3 is 14.2 Å². The second-order valence-corrected chi connectivity index (χ2v) is 6.89. The van der Waals surface area contributed by atoms with E-state index in [9.17, 15) is 4.79 Å². The minimum absolute atomic E-state index is 0.235. The molecule has 0 bridgehead atoms. The number of hydrogen-bond acceptors (Lipinski definition) is 4. The average Bonchev–Trinajstić information content (AvgIpc) is 2.67. The summed E-state index contributed by atoms with van der Waals surface area (Å²) < 4.78 is 16.0. The molecular formula is C23H36O4. The van der Waals surface area contributed by atoms with Crippen LogP contribution in [0.1, 0.15) is 64.4 Å². The third-order valence-electron chi connectivity index (χ3n) is 4.30. The van der Waals surface area contributed by atoms with E-state index in [1.54, 1.807) is 6.92 Å². The van der Waals surface area contributed by atoms with E-state index in [1.807, 2.05) is 12.1 Å². The van der Waals surface area contributed by atoms with E-state index < -0.39 is 0 Å². The molecule has 0 aliphatic rings. The van der Waals surface area contributed by atoms with Crippen molar-refractivity contribution in [2.75, 3.05) is 26.4 Å². The molecule has 0 fully saturated rings. The van der Waals surface area contributed by atoms with Gasteiger partial charge in [-0.3, -0.25) is 0 Å². The number of rotatable bonds is 16. The molecule has 27 heavy (non-hydrogen) atoms. The van der Waals surface area contributed by atoms with Crippen molar-refractivity contribution < 1.29 is 19.0 Å². The fraction of sp³-hybridized carbons (Fsp3) is 0.609. The highest BCUT2D eigenvalue weighted by Gasteiger charge is 2.02. The number of benzene rings is 1. The molecule has 1 aromatic rings. The SMILES string of the molecule is C=C(C)C(=O)OCCOCCOc1ccc(CCCCCCCCC)cc1. The van der Waals surface area contributed by atoms with Gasteiger partial charge in [-0.15, -0.1) is 0 Å². The standard InChI is InChI=1S/C23H36O4/c1-4-5-6-7-8-9-10-11-21-12-14-22(15-13-21)26-18-16-25-17-19-27-23(24)20(2)3/h12-15H,2,4-11,16-19H2,1,3H3. The molecule has 0 N–H and O–H groups in total. The summed E-state index contributed by atoms with van der Waals surface area (Å²) in [6.07, 6.45) is 10.5. The van der Waals surface area contributed by atoms with Crippen LogP contribution >= 0.6 is 0 Å². The third kappa shape index (κ3) is 12.2. The monoisotopic (exact) mass is 376 g/mol. The summed E-state index contributed by atoms with van der Waals surface area (Å²) in [5.74, 6) is 0.474. The van der Waals surface area contributed by atoms with Crippen LogP contribution in [0.15, 0.2) is 36.4 Å². The predicted octanol–water partition coefficient (Wildman–Crippen LogP) is 5.49. The van der Waals surface area contributed by atoms with Crippen molar-refractivity contribution in [3.8, 4) is 5.75 Å². The lowest BCUT2D eigenvalue weighted by Gasteiger charge is -2.09. The van der Waals surface area contributed by atoms with E-state index in [4.69, 9.17) is 14.2 Å². The summed E-state index contributed by atoms with van der Waals surface area (Å²) in [4.78, 5) is 11.2. The molecule has 0 saturated carbocycles. The van der Waals surface area contributed by atoms with Crippen molar-refractivity contribution in [3.63, 3.8) is 0 Å². The molecule has 1 aromatic carbocycles. The second kappa shape index (κ2) is 15.3. The van der Waals surface area contributed by atoms with Crippen LogP contribution in [-0.4, -0.2) is 32.4 Å². The number of ether oxygens (including phenoxy) is 3. The van der Waals surface area contributed by atoms with Gasteiger partial charge in [0.05, 0.1) is 13.2 Å². The number of esters is 1. The molecule has 0 spiro atoms. The zero-order valence-corrected chi connectivity index (χ0v) is 17.1. The Hall–Kier alpha value is -1.81. The van der Waals surface area contributed by atoms with Crippen LogP contribution in [-0.2, 0) is 20.7 Å². The lowest BCUT2D eigenvalue weighted by molar-refractivity contribution is -0.140. The van der Waals surface area contributed by atoms with Crippen molar-refractivity contribution >= 4 is 5.97 Å². The zero-order valence-electron chi connectivity index (χ0n) is 17.1. The Morgan fingerprint density at radius 3 is 2.19 bits per heavy atom. The van der Waals surface area contributed by atoms with Gasteiger partial charge in [0.2, 0.25) is 0 Å². The van der Waals surface area contributed by atoms with Crippen LogP contribution in [0.25, 0.3) is 0 Å². The summed E-state index contributed by atoms with van der Waals surface area (Å²) in [7, 11) is 0. The van der Waals surface area contributed by atoms with Crippen LogP contribution in [0.3, 0.4) is 0 Å². The molecule has 0 atom stereocenters. The van der Waals surface area contributed by atoms with Crippen molar-refractivity contribution in [3.05, 3.63) is 42.0 Å². The van der Waals surface area contributed by atoms with Crippen molar-refractivity contribution in [1.29, 1.82) is 0 Å².